The molecule has 358 valence electrons. The van der Waals surface area contributed by atoms with Crippen molar-refractivity contribution in [2.75, 3.05) is 33.4 Å². The lowest BCUT2D eigenvalue weighted by Gasteiger charge is -2.35. The Bertz CT molecular complexity index is 1880. The number of aliphatic hydroxyl groups is 4. The van der Waals surface area contributed by atoms with Gasteiger partial charge in [0.05, 0.1) is 12.7 Å². The maximum Gasteiger partial charge on any atom is 0.188 e. The number of aromatic nitrogens is 1. The summed E-state index contributed by atoms with van der Waals surface area (Å²) in [6.07, 6.45) is 16.9. The Kier molecular flexibility index (Phi) is 19.3. The first-order chi connectivity index (χ1) is 31.0. The predicted octanol–water partition coefficient (Wildman–Crippen LogP) is 6.67. The first-order valence-corrected chi connectivity index (χ1v) is 24.8. The molecule has 6 rings (SSSR count). The fourth-order valence-corrected chi connectivity index (χ4v) is 11.3. The van der Waals surface area contributed by atoms with Crippen molar-refractivity contribution in [1.29, 1.82) is 0 Å². The summed E-state index contributed by atoms with van der Waals surface area (Å²) in [5.74, 6) is 5.76. The van der Waals surface area contributed by atoms with Crippen molar-refractivity contribution in [1.82, 2.24) is 15.6 Å². The number of nitrogens with one attached hydrogen (secondary N) is 3. The number of fused-ring (bicyclic) bond motifs is 2. The predicted molar refractivity (Wildman–Crippen MR) is 253 cm³/mol. The van der Waals surface area contributed by atoms with Crippen molar-refractivity contribution in [2.45, 2.75) is 166 Å². The zero-order chi connectivity index (χ0) is 45.6. The Hall–Kier alpha value is -3.59. The number of ether oxygens (including phenoxy) is 1. The molecule has 0 bridgehead atoms. The van der Waals surface area contributed by atoms with Gasteiger partial charge in [0.25, 0.3) is 0 Å². The van der Waals surface area contributed by atoms with Crippen LogP contribution in [0.25, 0.3) is 0 Å². The molecule has 10 unspecified atom stereocenters. The highest BCUT2D eigenvalue weighted by Crippen LogP contribution is 2.49. The molecule has 0 saturated heterocycles. The third kappa shape index (κ3) is 14.0. The minimum Gasteiger partial charge on any atom is -0.504 e. The number of guanidine groups is 1. The van der Waals surface area contributed by atoms with Gasteiger partial charge in [-0.05, 0) is 149 Å². The van der Waals surface area contributed by atoms with Gasteiger partial charge in [0, 0.05) is 74.5 Å². The molecule has 12 N–H and O–H groups in total. The van der Waals surface area contributed by atoms with Crippen LogP contribution in [-0.4, -0.2) is 88.0 Å². The molecule has 2 heterocycles. The van der Waals surface area contributed by atoms with Crippen LogP contribution in [0.4, 0.5) is 0 Å². The standard InChI is InChI=1S/C51H82N6O7/c1-32(28-56-51(53)54-3)13-16-35-17-19-39(52)25-37(35)8-4-5-12-48-38(30-59)26-40(64-48)20-14-34-15-22-46(61)49(24-34)63-31-47(62)45-27-42-43(57-45)21-18-36-9-6-10-41(36)50(42)44(11-7-23-58)55-29-33(2)60/h15,22,24,26-27,32-33,35-37,39,41,44,47,50,55,57-62H,4-14,16-21,23,25,28-31,52H2,1-3H3,(H3,53,54,56). The van der Waals surface area contributed by atoms with Gasteiger partial charge in [0.2, 0.25) is 0 Å². The number of hydrogen-bond donors (Lipinski definition) is 10. The summed E-state index contributed by atoms with van der Waals surface area (Å²) in [4.78, 5) is 7.57. The smallest absolute Gasteiger partial charge is 0.188 e. The number of H-pyrrole nitrogens is 1. The molecule has 0 amide bonds. The molecule has 0 aliphatic heterocycles. The second-order valence-electron chi connectivity index (χ2n) is 19.8. The minimum absolute atomic E-state index is 0.0150. The lowest BCUT2D eigenvalue weighted by atomic mass is 9.72. The van der Waals surface area contributed by atoms with Crippen LogP contribution in [0.1, 0.15) is 155 Å². The number of nitrogens with zero attached hydrogens (tertiary/aromatic N) is 1. The summed E-state index contributed by atoms with van der Waals surface area (Å²) in [5, 5.41) is 59.2. The first-order valence-electron chi connectivity index (χ1n) is 24.8. The summed E-state index contributed by atoms with van der Waals surface area (Å²) in [5.41, 5.74) is 17.2. The molecule has 3 aliphatic rings. The summed E-state index contributed by atoms with van der Waals surface area (Å²) in [6, 6.07) is 9.84. The van der Waals surface area contributed by atoms with Crippen LogP contribution in [0.15, 0.2) is 39.7 Å². The second kappa shape index (κ2) is 24.8. The van der Waals surface area contributed by atoms with Gasteiger partial charge in [-0.25, -0.2) is 0 Å². The van der Waals surface area contributed by atoms with E-state index < -0.39 is 12.2 Å². The molecule has 2 saturated carbocycles. The summed E-state index contributed by atoms with van der Waals surface area (Å²) in [6.45, 7) is 5.44. The van der Waals surface area contributed by atoms with Crippen LogP contribution in [0, 0.1) is 29.6 Å². The highest BCUT2D eigenvalue weighted by molar-refractivity contribution is 5.77. The zero-order valence-corrected chi connectivity index (χ0v) is 39.1. The Labute approximate surface area is 382 Å². The average molecular weight is 891 g/mol. The molecule has 3 aromatic rings. The number of aromatic amines is 1. The van der Waals surface area contributed by atoms with Crippen molar-refractivity contribution >= 4 is 5.96 Å². The van der Waals surface area contributed by atoms with Crippen LogP contribution >= 0.6 is 0 Å². The van der Waals surface area contributed by atoms with E-state index in [0.717, 1.165) is 106 Å². The number of nitrogens with two attached hydrogens (primary N) is 2. The fraction of sp³-hybridized carbons (Fsp3) is 0.706. The molecule has 1 aromatic carbocycles. The van der Waals surface area contributed by atoms with E-state index in [-0.39, 0.29) is 37.5 Å². The topological polar surface area (TPSA) is 228 Å². The molecule has 0 spiro atoms. The van der Waals surface area contributed by atoms with Crippen LogP contribution < -0.4 is 26.8 Å². The number of aliphatic imine (C=N–C) groups is 1. The van der Waals surface area contributed by atoms with Crippen LogP contribution in [0.5, 0.6) is 11.5 Å². The Morgan fingerprint density at radius 2 is 1.80 bits per heavy atom. The van der Waals surface area contributed by atoms with Gasteiger partial charge in [-0.2, -0.15) is 0 Å². The largest absolute Gasteiger partial charge is 0.504 e. The van der Waals surface area contributed by atoms with Gasteiger partial charge >= 0.3 is 0 Å². The van der Waals surface area contributed by atoms with Crippen LogP contribution in [-0.2, 0) is 32.3 Å². The molecule has 3 aliphatic carbocycles. The second-order valence-corrected chi connectivity index (χ2v) is 19.8. The Morgan fingerprint density at radius 3 is 2.58 bits per heavy atom. The first kappa shape index (κ1) is 49.8. The minimum atomic E-state index is -0.931. The Morgan fingerprint density at radius 1 is 0.953 bits per heavy atom. The SMILES string of the molecule is CN=C(N)NCC(C)CCC1CCC(N)CC1CCCCc1oc(CCc2ccc(O)c(OCC(O)c3cc4c([nH]3)CCC3CCCC3C4C(CCCO)NCC(C)O)c2)cc1CO. The van der Waals surface area contributed by atoms with E-state index in [1.165, 1.54) is 31.2 Å². The number of aryl methyl sites for hydroxylation is 4. The average Bonchev–Trinajstić information content (AvgIpc) is 4.03. The number of aromatic hydroxyl groups is 1. The monoisotopic (exact) mass is 891 g/mol. The van der Waals surface area contributed by atoms with Gasteiger partial charge in [-0.15, -0.1) is 0 Å². The molecular formula is C51H82N6O7. The summed E-state index contributed by atoms with van der Waals surface area (Å²) < 4.78 is 12.4. The number of unbranched alkanes of at least 4 members (excludes halogenated alkanes) is 1. The number of phenolic OH excluding ortho intramolecular Hbond substituents is 1. The van der Waals surface area contributed by atoms with Gasteiger partial charge in [0.1, 0.15) is 24.2 Å². The number of rotatable bonds is 25. The third-order valence-corrected chi connectivity index (χ3v) is 14.9. The van der Waals surface area contributed by atoms with E-state index in [1.807, 2.05) is 18.2 Å². The number of furan rings is 1. The van der Waals surface area contributed by atoms with Gasteiger partial charge in [-0.3, -0.25) is 4.99 Å². The van der Waals surface area contributed by atoms with E-state index >= 15 is 0 Å². The number of hydrogen-bond acceptors (Lipinski definition) is 10. The quantitative estimate of drug-likeness (QED) is 0.0246. The lowest BCUT2D eigenvalue weighted by molar-refractivity contribution is 0.103. The molecular weight excluding hydrogens is 809 g/mol. The third-order valence-electron chi connectivity index (χ3n) is 14.9. The van der Waals surface area contributed by atoms with Gasteiger partial charge in [0.15, 0.2) is 17.5 Å². The molecule has 10 atom stereocenters. The highest BCUT2D eigenvalue weighted by atomic mass is 16.5. The van der Waals surface area contributed by atoms with E-state index in [1.54, 1.807) is 20.0 Å². The molecule has 64 heavy (non-hydrogen) atoms. The molecule has 2 fully saturated rings. The van der Waals surface area contributed by atoms with E-state index in [2.05, 4.69) is 33.6 Å². The maximum atomic E-state index is 11.5. The van der Waals surface area contributed by atoms with E-state index in [0.29, 0.717) is 78.8 Å². The lowest BCUT2D eigenvalue weighted by Crippen LogP contribution is -2.42. The van der Waals surface area contributed by atoms with Crippen LogP contribution in [0.2, 0.25) is 0 Å². The maximum absolute atomic E-state index is 11.5. The zero-order valence-electron chi connectivity index (χ0n) is 39.1. The van der Waals surface area contributed by atoms with E-state index in [4.69, 9.17) is 20.6 Å². The number of aliphatic hydroxyl groups excluding tert-OH is 4. The summed E-state index contributed by atoms with van der Waals surface area (Å²) in [7, 11) is 1.70. The number of phenols is 1. The molecule has 13 nitrogen and oxygen atoms in total. The van der Waals surface area contributed by atoms with Gasteiger partial charge in [-0.1, -0.05) is 38.7 Å². The van der Waals surface area contributed by atoms with Crippen molar-refractivity contribution in [3.8, 4) is 11.5 Å². The fourth-order valence-electron chi connectivity index (χ4n) is 11.3. The van der Waals surface area contributed by atoms with Crippen molar-refractivity contribution in [3.63, 3.8) is 0 Å². The van der Waals surface area contributed by atoms with E-state index in [9.17, 15) is 25.5 Å². The van der Waals surface area contributed by atoms with Crippen molar-refractivity contribution < 1.29 is 34.7 Å². The van der Waals surface area contributed by atoms with Crippen molar-refractivity contribution in [3.05, 3.63) is 69.9 Å². The Balaban J connectivity index is 1.01. The highest BCUT2D eigenvalue weighted by Gasteiger charge is 2.42. The normalized spacial score (nSPS) is 24.4. The number of benzene rings is 1. The molecule has 13 heteroatoms. The van der Waals surface area contributed by atoms with Crippen molar-refractivity contribution in [2.24, 2.45) is 46.0 Å². The molecule has 2 aromatic heterocycles. The van der Waals surface area contributed by atoms with Crippen LogP contribution in [0.3, 0.4) is 0 Å². The van der Waals surface area contributed by atoms with Gasteiger partial charge < -0.3 is 61.8 Å². The summed E-state index contributed by atoms with van der Waals surface area (Å²) >= 11 is 0. The molecule has 0 radical (unpaired) electrons.